The van der Waals surface area contributed by atoms with E-state index < -0.39 is 11.6 Å². The fraction of sp³-hybridized carbons (Fsp3) is 0.474. The number of amides is 2. The number of hydrogen-bond donors (Lipinski definition) is 2. The first-order valence-corrected chi connectivity index (χ1v) is 15.8. The van der Waals surface area contributed by atoms with E-state index in [1.807, 2.05) is 82.4 Å². The van der Waals surface area contributed by atoms with E-state index in [0.717, 1.165) is 22.4 Å². The normalized spacial score (nSPS) is 13.4. The third kappa shape index (κ3) is 11.5. The van der Waals surface area contributed by atoms with Crippen molar-refractivity contribution in [1.82, 2.24) is 15.5 Å². The zero-order valence-electron chi connectivity index (χ0n) is 28.2. The number of rotatable bonds is 13. The lowest BCUT2D eigenvalue weighted by atomic mass is 9.86. The summed E-state index contributed by atoms with van der Waals surface area (Å²) in [4.78, 5) is 29.5. The standard InChI is InChI=1S/C38H53N3O3/c1-27(2)23-34(41(9)25-29-15-19-31(20-16-29)37(3,4)5)36(43)39-33(35(42)40-38(6,7)8)24-28-17-21-32(22-18-28)44-26-30-13-11-10-12-14-30/h10-22,27,33-34H,23-26H2,1-9H3,(H,39,43)(H,40,42)/t33-,34-/m0/s1. The summed E-state index contributed by atoms with van der Waals surface area (Å²) >= 11 is 0. The predicted octanol–water partition coefficient (Wildman–Crippen LogP) is 7.05. The summed E-state index contributed by atoms with van der Waals surface area (Å²) in [5.41, 5.74) is 4.13. The molecule has 0 aliphatic heterocycles. The van der Waals surface area contributed by atoms with E-state index in [1.165, 1.54) is 5.56 Å². The summed E-state index contributed by atoms with van der Waals surface area (Å²) in [6.45, 7) is 17.8. The largest absolute Gasteiger partial charge is 0.489 e. The number of hydrogen-bond acceptors (Lipinski definition) is 4. The molecule has 0 aliphatic carbocycles. The Labute approximate surface area is 265 Å². The van der Waals surface area contributed by atoms with Crippen molar-refractivity contribution in [2.75, 3.05) is 7.05 Å². The van der Waals surface area contributed by atoms with Crippen LogP contribution in [0.2, 0.25) is 0 Å². The van der Waals surface area contributed by atoms with E-state index in [2.05, 4.69) is 74.4 Å². The second-order valence-electron chi connectivity index (χ2n) is 14.4. The van der Waals surface area contributed by atoms with Crippen molar-refractivity contribution in [3.05, 3.63) is 101 Å². The van der Waals surface area contributed by atoms with Crippen molar-refractivity contribution in [3.63, 3.8) is 0 Å². The lowest BCUT2D eigenvalue weighted by Gasteiger charge is -2.31. The van der Waals surface area contributed by atoms with Crippen LogP contribution in [0.15, 0.2) is 78.9 Å². The molecule has 3 rings (SSSR count). The lowest BCUT2D eigenvalue weighted by Crippen LogP contribution is -2.56. The molecule has 0 saturated heterocycles. The highest BCUT2D eigenvalue weighted by Crippen LogP contribution is 2.23. The zero-order valence-corrected chi connectivity index (χ0v) is 28.2. The molecule has 3 aromatic rings. The van der Waals surface area contributed by atoms with Gasteiger partial charge in [0.05, 0.1) is 6.04 Å². The summed E-state index contributed by atoms with van der Waals surface area (Å²) in [7, 11) is 1.99. The molecule has 0 radical (unpaired) electrons. The topological polar surface area (TPSA) is 70.7 Å². The molecule has 2 atom stereocenters. The molecule has 0 aromatic heterocycles. The van der Waals surface area contributed by atoms with Crippen LogP contribution in [0.4, 0.5) is 0 Å². The minimum Gasteiger partial charge on any atom is -0.489 e. The van der Waals surface area contributed by atoms with Gasteiger partial charge in [-0.05, 0) is 80.0 Å². The predicted molar refractivity (Wildman–Crippen MR) is 181 cm³/mol. The Morgan fingerprint density at radius 1 is 0.773 bits per heavy atom. The maximum Gasteiger partial charge on any atom is 0.243 e. The van der Waals surface area contributed by atoms with Crippen molar-refractivity contribution >= 4 is 11.8 Å². The van der Waals surface area contributed by atoms with E-state index in [9.17, 15) is 9.59 Å². The monoisotopic (exact) mass is 599 g/mol. The van der Waals surface area contributed by atoms with Gasteiger partial charge in [-0.3, -0.25) is 14.5 Å². The number of nitrogens with one attached hydrogen (secondary N) is 2. The Bertz CT molecular complexity index is 1320. The number of carbonyl (C=O) groups is 2. The Morgan fingerprint density at radius 2 is 1.36 bits per heavy atom. The van der Waals surface area contributed by atoms with Crippen LogP contribution in [0.25, 0.3) is 0 Å². The van der Waals surface area contributed by atoms with Gasteiger partial charge in [0.25, 0.3) is 0 Å². The molecule has 0 spiro atoms. The molecular weight excluding hydrogens is 546 g/mol. The van der Waals surface area contributed by atoms with Gasteiger partial charge in [-0.1, -0.05) is 101 Å². The lowest BCUT2D eigenvalue weighted by molar-refractivity contribution is -0.132. The molecule has 2 N–H and O–H groups in total. The zero-order chi connectivity index (χ0) is 32.5. The number of likely N-dealkylation sites (N-methyl/N-ethyl adjacent to an activating group) is 1. The molecule has 2 amide bonds. The highest BCUT2D eigenvalue weighted by molar-refractivity contribution is 5.90. The number of nitrogens with zero attached hydrogens (tertiary/aromatic N) is 1. The van der Waals surface area contributed by atoms with Gasteiger partial charge in [0.1, 0.15) is 18.4 Å². The van der Waals surface area contributed by atoms with Crippen molar-refractivity contribution in [3.8, 4) is 5.75 Å². The van der Waals surface area contributed by atoms with Crippen LogP contribution < -0.4 is 15.4 Å². The Kier molecular flexibility index (Phi) is 12.2. The van der Waals surface area contributed by atoms with Crippen molar-refractivity contribution in [1.29, 1.82) is 0 Å². The first-order chi connectivity index (χ1) is 20.6. The van der Waals surface area contributed by atoms with Crippen LogP contribution in [0.5, 0.6) is 5.75 Å². The minimum absolute atomic E-state index is 0.0860. The van der Waals surface area contributed by atoms with Crippen LogP contribution in [0, 0.1) is 5.92 Å². The van der Waals surface area contributed by atoms with E-state index in [4.69, 9.17) is 4.74 Å². The fourth-order valence-corrected chi connectivity index (χ4v) is 5.07. The van der Waals surface area contributed by atoms with Gasteiger partial charge in [-0.25, -0.2) is 0 Å². The molecule has 0 fully saturated rings. The number of benzene rings is 3. The molecule has 0 heterocycles. The first-order valence-electron chi connectivity index (χ1n) is 15.8. The third-order valence-electron chi connectivity index (χ3n) is 7.52. The molecule has 0 aliphatic rings. The second kappa shape index (κ2) is 15.4. The molecule has 0 saturated carbocycles. The minimum atomic E-state index is -0.716. The smallest absolute Gasteiger partial charge is 0.243 e. The molecule has 6 nitrogen and oxygen atoms in total. The van der Waals surface area contributed by atoms with Gasteiger partial charge in [-0.2, -0.15) is 0 Å². The van der Waals surface area contributed by atoms with E-state index in [-0.39, 0.29) is 23.3 Å². The van der Waals surface area contributed by atoms with Crippen molar-refractivity contribution in [2.45, 2.75) is 104 Å². The van der Waals surface area contributed by atoms with Gasteiger partial charge in [-0.15, -0.1) is 0 Å². The summed E-state index contributed by atoms with van der Waals surface area (Å²) < 4.78 is 5.94. The van der Waals surface area contributed by atoms with Gasteiger partial charge in [0.15, 0.2) is 0 Å². The SMILES string of the molecule is CC(C)C[C@@H](C(=O)N[C@@H](Cc1ccc(OCc2ccccc2)cc1)C(=O)NC(C)(C)C)N(C)Cc1ccc(C(C)(C)C)cc1. The second-order valence-corrected chi connectivity index (χ2v) is 14.4. The van der Waals surface area contributed by atoms with Gasteiger partial charge < -0.3 is 15.4 Å². The average Bonchev–Trinajstić information content (AvgIpc) is 2.94. The summed E-state index contributed by atoms with van der Waals surface area (Å²) in [5.74, 6) is 0.733. The van der Waals surface area contributed by atoms with Crippen LogP contribution >= 0.6 is 0 Å². The quantitative estimate of drug-likeness (QED) is 0.221. The first kappa shape index (κ1) is 34.8. The van der Waals surface area contributed by atoms with Crippen LogP contribution in [-0.2, 0) is 34.6 Å². The molecular formula is C38H53N3O3. The highest BCUT2D eigenvalue weighted by atomic mass is 16.5. The van der Waals surface area contributed by atoms with Gasteiger partial charge >= 0.3 is 0 Å². The maximum absolute atomic E-state index is 13.9. The van der Waals surface area contributed by atoms with E-state index in [0.29, 0.717) is 31.9 Å². The molecule has 0 bridgehead atoms. The fourth-order valence-electron chi connectivity index (χ4n) is 5.07. The molecule has 0 unspecified atom stereocenters. The Hall–Kier alpha value is -3.64. The Balaban J connectivity index is 1.74. The van der Waals surface area contributed by atoms with Gasteiger partial charge in [0.2, 0.25) is 11.8 Å². The summed E-state index contributed by atoms with van der Waals surface area (Å²) in [6, 6.07) is 25.3. The summed E-state index contributed by atoms with van der Waals surface area (Å²) in [5, 5.41) is 6.20. The molecule has 3 aromatic carbocycles. The van der Waals surface area contributed by atoms with E-state index in [1.54, 1.807) is 0 Å². The molecule has 44 heavy (non-hydrogen) atoms. The third-order valence-corrected chi connectivity index (χ3v) is 7.52. The van der Waals surface area contributed by atoms with E-state index >= 15 is 0 Å². The molecule has 6 heteroatoms. The van der Waals surface area contributed by atoms with Crippen LogP contribution in [-0.4, -0.2) is 41.4 Å². The highest BCUT2D eigenvalue weighted by Gasteiger charge is 2.30. The Morgan fingerprint density at radius 3 is 1.91 bits per heavy atom. The van der Waals surface area contributed by atoms with Gasteiger partial charge in [0, 0.05) is 18.5 Å². The van der Waals surface area contributed by atoms with Crippen LogP contribution in [0.1, 0.15) is 84.1 Å². The van der Waals surface area contributed by atoms with Crippen molar-refractivity contribution < 1.29 is 14.3 Å². The number of carbonyl (C=O) groups excluding carboxylic acids is 2. The van der Waals surface area contributed by atoms with Crippen LogP contribution in [0.3, 0.4) is 0 Å². The number of ether oxygens (including phenoxy) is 1. The molecule has 238 valence electrons. The maximum atomic E-state index is 13.9. The van der Waals surface area contributed by atoms with Crippen molar-refractivity contribution in [2.24, 2.45) is 5.92 Å². The average molecular weight is 600 g/mol. The summed E-state index contributed by atoms with van der Waals surface area (Å²) in [6.07, 6.45) is 1.06.